The van der Waals surface area contributed by atoms with Crippen molar-refractivity contribution in [3.8, 4) is 0 Å². The van der Waals surface area contributed by atoms with Crippen LogP contribution in [0.2, 0.25) is 0 Å². The molecular formula is C54H92O6. The molecule has 0 aliphatic carbocycles. The zero-order valence-corrected chi connectivity index (χ0v) is 39.2. The molecule has 0 aromatic rings. The summed E-state index contributed by atoms with van der Waals surface area (Å²) in [6.45, 7) is 6.44. The number of carbonyl (C=O) groups excluding carboxylic acids is 3. The predicted octanol–water partition coefficient (Wildman–Crippen LogP) is 16.3. The number of hydrogen-bond acceptors (Lipinski definition) is 6. The second-order valence-corrected chi connectivity index (χ2v) is 16.3. The van der Waals surface area contributed by atoms with Crippen molar-refractivity contribution in [2.45, 2.75) is 239 Å². The Labute approximate surface area is 370 Å². The van der Waals surface area contributed by atoms with Crippen LogP contribution in [0.5, 0.6) is 0 Å². The standard InChI is InChI=1S/C54H92O6/c1-4-7-10-13-16-19-21-23-25-27-29-30-32-35-38-41-44-47-53(56)59-50-51(49-58-52(55)46-43-40-37-34-18-15-12-9-6-3)60-54(57)48-45-42-39-36-33-31-28-26-24-22-20-17-14-11-8-5-2/h7,10,16,19,23,25-26,28-30,35,38,51H,4-6,8-9,11-15,17-18,20-22,24,27,31-34,36-37,39-50H2,1-3H3/b10-7-,19-16-,25-23-,28-26-,30-29-,38-35-/t51-/m1/s1. The Balaban J connectivity index is 4.44. The highest BCUT2D eigenvalue weighted by Crippen LogP contribution is 2.14. The fourth-order valence-electron chi connectivity index (χ4n) is 6.71. The Kier molecular flexibility index (Phi) is 46.0. The molecule has 6 nitrogen and oxygen atoms in total. The molecule has 0 bridgehead atoms. The smallest absolute Gasteiger partial charge is 0.306 e. The van der Waals surface area contributed by atoms with Crippen LogP contribution >= 0.6 is 0 Å². The third kappa shape index (κ3) is 45.9. The molecule has 0 heterocycles. The average Bonchev–Trinajstić information content (AvgIpc) is 3.24. The van der Waals surface area contributed by atoms with Gasteiger partial charge in [-0.1, -0.05) is 203 Å². The largest absolute Gasteiger partial charge is 0.462 e. The van der Waals surface area contributed by atoms with Crippen LogP contribution in [0.3, 0.4) is 0 Å². The first kappa shape index (κ1) is 56.9. The first-order chi connectivity index (χ1) is 29.5. The lowest BCUT2D eigenvalue weighted by molar-refractivity contribution is -0.167. The van der Waals surface area contributed by atoms with Crippen molar-refractivity contribution in [2.75, 3.05) is 13.2 Å². The molecule has 0 spiro atoms. The van der Waals surface area contributed by atoms with Crippen LogP contribution in [0.1, 0.15) is 233 Å². The monoisotopic (exact) mass is 837 g/mol. The van der Waals surface area contributed by atoms with Gasteiger partial charge in [-0.2, -0.15) is 0 Å². The summed E-state index contributed by atoms with van der Waals surface area (Å²) in [5, 5.41) is 0. The van der Waals surface area contributed by atoms with Gasteiger partial charge in [-0.05, 0) is 83.5 Å². The summed E-state index contributed by atoms with van der Waals surface area (Å²) in [7, 11) is 0. The molecule has 344 valence electrons. The zero-order chi connectivity index (χ0) is 43.7. The van der Waals surface area contributed by atoms with Crippen molar-refractivity contribution in [3.05, 3.63) is 72.9 Å². The van der Waals surface area contributed by atoms with E-state index in [2.05, 4.69) is 93.7 Å². The van der Waals surface area contributed by atoms with Crippen LogP contribution in [0.25, 0.3) is 0 Å². The Bertz CT molecular complexity index is 1140. The van der Waals surface area contributed by atoms with E-state index in [1.807, 2.05) is 0 Å². The molecule has 0 N–H and O–H groups in total. The lowest BCUT2D eigenvalue weighted by Crippen LogP contribution is -2.30. The van der Waals surface area contributed by atoms with Crippen LogP contribution in [0, 0.1) is 0 Å². The molecule has 60 heavy (non-hydrogen) atoms. The third-order valence-electron chi connectivity index (χ3n) is 10.4. The zero-order valence-electron chi connectivity index (χ0n) is 39.2. The van der Waals surface area contributed by atoms with E-state index in [9.17, 15) is 14.4 Å². The molecule has 0 rings (SSSR count). The second-order valence-electron chi connectivity index (χ2n) is 16.3. The number of allylic oxidation sites excluding steroid dienone is 12. The fourth-order valence-corrected chi connectivity index (χ4v) is 6.71. The number of ether oxygens (including phenoxy) is 3. The molecule has 0 unspecified atom stereocenters. The highest BCUT2D eigenvalue weighted by Gasteiger charge is 2.19. The molecule has 0 aromatic heterocycles. The molecule has 0 aliphatic rings. The molecular weight excluding hydrogens is 745 g/mol. The lowest BCUT2D eigenvalue weighted by atomic mass is 10.1. The Morgan fingerprint density at radius 1 is 0.350 bits per heavy atom. The van der Waals surface area contributed by atoms with Gasteiger partial charge in [-0.3, -0.25) is 14.4 Å². The van der Waals surface area contributed by atoms with Gasteiger partial charge in [0.1, 0.15) is 13.2 Å². The van der Waals surface area contributed by atoms with Crippen molar-refractivity contribution in [2.24, 2.45) is 0 Å². The Morgan fingerprint density at radius 3 is 1.10 bits per heavy atom. The number of unbranched alkanes of at least 4 members (excludes halogenated alkanes) is 21. The van der Waals surface area contributed by atoms with E-state index >= 15 is 0 Å². The van der Waals surface area contributed by atoms with Gasteiger partial charge < -0.3 is 14.2 Å². The minimum Gasteiger partial charge on any atom is -0.462 e. The highest BCUT2D eigenvalue weighted by molar-refractivity contribution is 5.71. The van der Waals surface area contributed by atoms with Crippen molar-refractivity contribution >= 4 is 17.9 Å². The summed E-state index contributed by atoms with van der Waals surface area (Å²) < 4.78 is 16.7. The lowest BCUT2D eigenvalue weighted by Gasteiger charge is -2.18. The second kappa shape index (κ2) is 48.5. The summed E-state index contributed by atoms with van der Waals surface area (Å²) in [5.41, 5.74) is 0. The van der Waals surface area contributed by atoms with Gasteiger partial charge in [-0.15, -0.1) is 0 Å². The number of carbonyl (C=O) groups is 3. The molecule has 1 atom stereocenters. The maximum absolute atomic E-state index is 12.8. The minimum absolute atomic E-state index is 0.0954. The summed E-state index contributed by atoms with van der Waals surface area (Å²) >= 11 is 0. The number of hydrogen-bond donors (Lipinski definition) is 0. The molecule has 0 fully saturated rings. The van der Waals surface area contributed by atoms with Gasteiger partial charge in [0, 0.05) is 19.3 Å². The van der Waals surface area contributed by atoms with Crippen LogP contribution in [-0.2, 0) is 28.6 Å². The molecule has 6 heteroatoms. The van der Waals surface area contributed by atoms with Gasteiger partial charge in [0.05, 0.1) is 0 Å². The van der Waals surface area contributed by atoms with E-state index in [1.54, 1.807) is 0 Å². The summed E-state index contributed by atoms with van der Waals surface area (Å²) in [6.07, 6.45) is 60.4. The molecule has 0 radical (unpaired) electrons. The maximum atomic E-state index is 12.8. The van der Waals surface area contributed by atoms with Crippen LogP contribution in [-0.4, -0.2) is 37.2 Å². The Hall–Kier alpha value is -3.15. The predicted molar refractivity (Wildman–Crippen MR) is 256 cm³/mol. The van der Waals surface area contributed by atoms with E-state index in [0.29, 0.717) is 19.3 Å². The third-order valence-corrected chi connectivity index (χ3v) is 10.4. The van der Waals surface area contributed by atoms with Gasteiger partial charge in [0.25, 0.3) is 0 Å². The Morgan fingerprint density at radius 2 is 0.667 bits per heavy atom. The SMILES string of the molecule is CC/C=C\C/C=C\C/C=C\C/C=C\C/C=C\CCCC(=O)OC[C@@H](COC(=O)CCCCCCCCCCC)OC(=O)CCCCCCC/C=C\CCCCCCCCC. The van der Waals surface area contributed by atoms with E-state index in [1.165, 1.54) is 96.3 Å². The van der Waals surface area contributed by atoms with E-state index in [-0.39, 0.29) is 37.5 Å². The van der Waals surface area contributed by atoms with E-state index in [0.717, 1.165) is 89.9 Å². The van der Waals surface area contributed by atoms with Gasteiger partial charge in [0.2, 0.25) is 0 Å². The summed E-state index contributed by atoms with van der Waals surface area (Å²) in [5.74, 6) is -0.968. The van der Waals surface area contributed by atoms with Crippen LogP contribution in [0.15, 0.2) is 72.9 Å². The first-order valence-corrected chi connectivity index (χ1v) is 24.9. The quantitative estimate of drug-likeness (QED) is 0.0263. The van der Waals surface area contributed by atoms with Crippen molar-refractivity contribution in [1.82, 2.24) is 0 Å². The number of rotatable bonds is 44. The van der Waals surface area contributed by atoms with Crippen molar-refractivity contribution in [3.63, 3.8) is 0 Å². The van der Waals surface area contributed by atoms with Gasteiger partial charge in [-0.25, -0.2) is 0 Å². The first-order valence-electron chi connectivity index (χ1n) is 24.9. The molecule has 0 amide bonds. The maximum Gasteiger partial charge on any atom is 0.306 e. The summed E-state index contributed by atoms with van der Waals surface area (Å²) in [4.78, 5) is 37.8. The fraction of sp³-hybridized carbons (Fsp3) is 0.722. The topological polar surface area (TPSA) is 78.9 Å². The highest BCUT2D eigenvalue weighted by atomic mass is 16.6. The summed E-state index contributed by atoms with van der Waals surface area (Å²) in [6, 6.07) is 0. The minimum atomic E-state index is -0.799. The van der Waals surface area contributed by atoms with Crippen molar-refractivity contribution in [1.29, 1.82) is 0 Å². The van der Waals surface area contributed by atoms with Crippen LogP contribution < -0.4 is 0 Å². The average molecular weight is 837 g/mol. The van der Waals surface area contributed by atoms with Gasteiger partial charge >= 0.3 is 17.9 Å². The molecule has 0 aliphatic heterocycles. The number of esters is 3. The van der Waals surface area contributed by atoms with Crippen molar-refractivity contribution < 1.29 is 28.6 Å². The molecule has 0 aromatic carbocycles. The molecule has 0 saturated carbocycles. The molecule has 0 saturated heterocycles. The van der Waals surface area contributed by atoms with E-state index in [4.69, 9.17) is 14.2 Å². The van der Waals surface area contributed by atoms with Crippen LogP contribution in [0.4, 0.5) is 0 Å². The van der Waals surface area contributed by atoms with Gasteiger partial charge in [0.15, 0.2) is 6.10 Å². The normalized spacial score (nSPS) is 12.7. The van der Waals surface area contributed by atoms with E-state index < -0.39 is 6.10 Å².